The Hall–Kier alpha value is -0.960. The molecular weight excluding hydrogens is 150 g/mol. The monoisotopic (exact) mass is 163 g/mol. The summed E-state index contributed by atoms with van der Waals surface area (Å²) < 4.78 is 0. The van der Waals surface area contributed by atoms with Gasteiger partial charge in [-0.15, -0.1) is 0 Å². The van der Waals surface area contributed by atoms with E-state index in [0.717, 1.165) is 36.8 Å². The van der Waals surface area contributed by atoms with Crippen molar-refractivity contribution in [1.82, 2.24) is 15.3 Å². The highest BCUT2D eigenvalue weighted by Gasteiger charge is 2.18. The second-order valence-electron chi connectivity index (χ2n) is 3.32. The van der Waals surface area contributed by atoms with Crippen LogP contribution in [0.2, 0.25) is 0 Å². The summed E-state index contributed by atoms with van der Waals surface area (Å²) in [6, 6.07) is 0. The molecule has 2 rings (SSSR count). The van der Waals surface area contributed by atoms with Crippen molar-refractivity contribution in [3.63, 3.8) is 0 Å². The van der Waals surface area contributed by atoms with Crippen LogP contribution in [0.15, 0.2) is 12.4 Å². The van der Waals surface area contributed by atoms with E-state index in [2.05, 4.69) is 15.3 Å². The molecule has 0 atom stereocenters. The van der Waals surface area contributed by atoms with Gasteiger partial charge in [-0.2, -0.15) is 0 Å². The number of aryl methyl sites for hydroxylation is 1. The summed E-state index contributed by atoms with van der Waals surface area (Å²) in [7, 11) is 0. The lowest BCUT2D eigenvalue weighted by atomic mass is 9.97. The van der Waals surface area contributed by atoms with Crippen LogP contribution in [0, 0.1) is 12.8 Å². The van der Waals surface area contributed by atoms with Crippen LogP contribution < -0.4 is 5.32 Å². The Kier molecular flexibility index (Phi) is 2.04. The second kappa shape index (κ2) is 3.19. The SMILES string of the molecule is Cc1nccnc1CC1CNC1. The highest BCUT2D eigenvalue weighted by atomic mass is 14.9. The van der Waals surface area contributed by atoms with Crippen LogP contribution in [0.1, 0.15) is 11.4 Å². The predicted octanol–water partition coefficient (Wildman–Crippen LogP) is 0.547. The average Bonchev–Trinajstić information content (AvgIpc) is 2.00. The maximum atomic E-state index is 4.31. The van der Waals surface area contributed by atoms with Crippen molar-refractivity contribution < 1.29 is 0 Å². The molecular formula is C9H13N3. The minimum absolute atomic E-state index is 0.778. The van der Waals surface area contributed by atoms with Crippen LogP contribution in [0.25, 0.3) is 0 Å². The molecule has 64 valence electrons. The van der Waals surface area contributed by atoms with Gasteiger partial charge in [0.1, 0.15) is 0 Å². The first-order valence-corrected chi connectivity index (χ1v) is 4.33. The molecule has 1 saturated heterocycles. The molecule has 1 aromatic rings. The number of nitrogens with zero attached hydrogens (tertiary/aromatic N) is 2. The van der Waals surface area contributed by atoms with Gasteiger partial charge >= 0.3 is 0 Å². The maximum absolute atomic E-state index is 4.31. The Morgan fingerprint density at radius 1 is 1.42 bits per heavy atom. The molecule has 1 N–H and O–H groups in total. The molecule has 1 aromatic heterocycles. The molecule has 0 unspecified atom stereocenters. The number of hydrogen-bond acceptors (Lipinski definition) is 3. The zero-order valence-corrected chi connectivity index (χ0v) is 7.25. The second-order valence-corrected chi connectivity index (χ2v) is 3.32. The Labute approximate surface area is 72.2 Å². The van der Waals surface area contributed by atoms with E-state index >= 15 is 0 Å². The molecule has 3 heteroatoms. The summed E-state index contributed by atoms with van der Waals surface area (Å²) in [5.41, 5.74) is 2.23. The zero-order chi connectivity index (χ0) is 8.39. The molecule has 0 bridgehead atoms. The van der Waals surface area contributed by atoms with Gasteiger partial charge in [0.05, 0.1) is 11.4 Å². The van der Waals surface area contributed by atoms with Crippen LogP contribution in [0.5, 0.6) is 0 Å². The third-order valence-electron chi connectivity index (χ3n) is 2.33. The molecule has 1 fully saturated rings. The summed E-state index contributed by atoms with van der Waals surface area (Å²) >= 11 is 0. The van der Waals surface area contributed by atoms with Gasteiger partial charge in [-0.1, -0.05) is 0 Å². The van der Waals surface area contributed by atoms with Crippen molar-refractivity contribution in [3.05, 3.63) is 23.8 Å². The average molecular weight is 163 g/mol. The molecule has 0 aliphatic carbocycles. The summed E-state index contributed by atoms with van der Waals surface area (Å²) in [5, 5.41) is 3.25. The third kappa shape index (κ3) is 1.46. The van der Waals surface area contributed by atoms with Crippen molar-refractivity contribution in [2.45, 2.75) is 13.3 Å². The van der Waals surface area contributed by atoms with Gasteiger partial charge in [0.2, 0.25) is 0 Å². The van der Waals surface area contributed by atoms with E-state index < -0.39 is 0 Å². The first-order valence-electron chi connectivity index (χ1n) is 4.33. The normalized spacial score (nSPS) is 17.4. The first-order chi connectivity index (χ1) is 5.86. The van der Waals surface area contributed by atoms with Crippen LogP contribution in [0.4, 0.5) is 0 Å². The Morgan fingerprint density at radius 2 is 2.17 bits per heavy atom. The van der Waals surface area contributed by atoms with Gasteiger partial charge in [-0.3, -0.25) is 9.97 Å². The van der Waals surface area contributed by atoms with Crippen LogP contribution in [0.3, 0.4) is 0 Å². The minimum Gasteiger partial charge on any atom is -0.316 e. The quantitative estimate of drug-likeness (QED) is 0.691. The highest BCUT2D eigenvalue weighted by molar-refractivity contribution is 5.09. The Balaban J connectivity index is 2.06. The Bertz CT molecular complexity index is 268. The fraction of sp³-hybridized carbons (Fsp3) is 0.556. The maximum Gasteiger partial charge on any atom is 0.0619 e. The van der Waals surface area contributed by atoms with E-state index in [1.54, 1.807) is 12.4 Å². The van der Waals surface area contributed by atoms with Crippen LogP contribution in [-0.4, -0.2) is 23.1 Å². The molecule has 0 spiro atoms. The number of rotatable bonds is 2. The van der Waals surface area contributed by atoms with Crippen molar-refractivity contribution in [1.29, 1.82) is 0 Å². The largest absolute Gasteiger partial charge is 0.316 e. The fourth-order valence-electron chi connectivity index (χ4n) is 1.40. The van der Waals surface area contributed by atoms with E-state index in [0.29, 0.717) is 0 Å². The molecule has 2 heterocycles. The predicted molar refractivity (Wildman–Crippen MR) is 46.8 cm³/mol. The summed E-state index contributed by atoms with van der Waals surface area (Å²) in [4.78, 5) is 8.52. The Morgan fingerprint density at radius 3 is 2.75 bits per heavy atom. The number of hydrogen-bond donors (Lipinski definition) is 1. The topological polar surface area (TPSA) is 37.8 Å². The molecule has 0 aromatic carbocycles. The highest BCUT2D eigenvalue weighted by Crippen LogP contribution is 2.11. The van der Waals surface area contributed by atoms with Crippen molar-refractivity contribution in [2.24, 2.45) is 5.92 Å². The van der Waals surface area contributed by atoms with E-state index in [1.807, 2.05) is 6.92 Å². The standard InChI is InChI=1S/C9H13N3/c1-7-9(12-3-2-11-7)4-8-5-10-6-8/h2-3,8,10H,4-6H2,1H3. The van der Waals surface area contributed by atoms with Crippen molar-refractivity contribution >= 4 is 0 Å². The van der Waals surface area contributed by atoms with Gasteiger partial charge in [0, 0.05) is 12.4 Å². The minimum atomic E-state index is 0.778. The van der Waals surface area contributed by atoms with E-state index in [1.165, 1.54) is 0 Å². The van der Waals surface area contributed by atoms with Gasteiger partial charge < -0.3 is 5.32 Å². The molecule has 1 aliphatic rings. The van der Waals surface area contributed by atoms with Gasteiger partial charge in [-0.05, 0) is 32.4 Å². The summed E-state index contributed by atoms with van der Waals surface area (Å²) in [5.74, 6) is 0.778. The lowest BCUT2D eigenvalue weighted by Crippen LogP contribution is -2.43. The molecule has 3 nitrogen and oxygen atoms in total. The molecule has 0 saturated carbocycles. The first kappa shape index (κ1) is 7.68. The molecule has 12 heavy (non-hydrogen) atoms. The summed E-state index contributed by atoms with van der Waals surface area (Å²) in [6.07, 6.45) is 4.60. The van der Waals surface area contributed by atoms with Crippen molar-refractivity contribution in [3.8, 4) is 0 Å². The van der Waals surface area contributed by atoms with E-state index in [4.69, 9.17) is 0 Å². The number of nitrogens with one attached hydrogen (secondary N) is 1. The number of aromatic nitrogens is 2. The fourth-order valence-corrected chi connectivity index (χ4v) is 1.40. The van der Waals surface area contributed by atoms with E-state index in [9.17, 15) is 0 Å². The lowest BCUT2D eigenvalue weighted by molar-refractivity contribution is 0.343. The lowest BCUT2D eigenvalue weighted by Gasteiger charge is -2.26. The molecule has 0 radical (unpaired) electrons. The van der Waals surface area contributed by atoms with Gasteiger partial charge in [0.15, 0.2) is 0 Å². The molecule has 0 amide bonds. The third-order valence-corrected chi connectivity index (χ3v) is 2.33. The van der Waals surface area contributed by atoms with Gasteiger partial charge in [-0.25, -0.2) is 0 Å². The zero-order valence-electron chi connectivity index (χ0n) is 7.25. The van der Waals surface area contributed by atoms with Gasteiger partial charge in [0.25, 0.3) is 0 Å². The van der Waals surface area contributed by atoms with Crippen molar-refractivity contribution in [2.75, 3.05) is 13.1 Å². The van der Waals surface area contributed by atoms with Crippen LogP contribution in [-0.2, 0) is 6.42 Å². The smallest absolute Gasteiger partial charge is 0.0619 e. The van der Waals surface area contributed by atoms with Crippen LogP contribution >= 0.6 is 0 Å². The summed E-state index contributed by atoms with van der Waals surface area (Å²) in [6.45, 7) is 4.29. The van der Waals surface area contributed by atoms with E-state index in [-0.39, 0.29) is 0 Å². The molecule has 1 aliphatic heterocycles.